The van der Waals surface area contributed by atoms with E-state index >= 15 is 0 Å². The maximum Gasteiger partial charge on any atom is 0.136 e. The average Bonchev–Trinajstić information content (AvgIpc) is 4.03. The summed E-state index contributed by atoms with van der Waals surface area (Å²) in [6.07, 6.45) is 8.99. The molecule has 6 heteroatoms. The molecule has 0 amide bonds. The summed E-state index contributed by atoms with van der Waals surface area (Å²) in [6, 6.07) is 61.2. The summed E-state index contributed by atoms with van der Waals surface area (Å²) in [5.74, 6) is 0.0492. The first kappa shape index (κ1) is 40.4. The fourth-order valence-corrected chi connectivity index (χ4v) is 10.9. The molecule has 4 nitrogen and oxygen atoms in total. The van der Waals surface area contributed by atoms with Crippen molar-refractivity contribution in [3.8, 4) is 33.4 Å². The minimum absolute atomic E-state index is 0.0492. The van der Waals surface area contributed by atoms with E-state index in [2.05, 4.69) is 170 Å². The molecule has 64 heavy (non-hydrogen) atoms. The van der Waals surface area contributed by atoms with Crippen LogP contribution in [0.1, 0.15) is 18.1 Å². The molecular weight excluding hydrogens is 819 g/mol. The van der Waals surface area contributed by atoms with Crippen molar-refractivity contribution in [1.82, 2.24) is 0 Å². The maximum absolute atomic E-state index is 7.03. The molecule has 0 unspecified atom stereocenters. The largest absolute Gasteiger partial charge is 0.456 e. The highest BCUT2D eigenvalue weighted by Gasteiger charge is 2.17. The molecular formula is C58H43N3OS2. The van der Waals surface area contributed by atoms with Gasteiger partial charge < -0.3 is 10.2 Å². The van der Waals surface area contributed by atoms with Gasteiger partial charge in [-0.15, -0.1) is 22.7 Å². The van der Waals surface area contributed by atoms with Gasteiger partial charge in [0.15, 0.2) is 0 Å². The number of nitrogens with one attached hydrogen (secondary N) is 1. The van der Waals surface area contributed by atoms with Gasteiger partial charge in [0.1, 0.15) is 17.0 Å². The van der Waals surface area contributed by atoms with Gasteiger partial charge in [0, 0.05) is 68.5 Å². The van der Waals surface area contributed by atoms with Crippen LogP contribution in [0.5, 0.6) is 0 Å². The van der Waals surface area contributed by atoms with E-state index < -0.39 is 0 Å². The number of allylic oxidation sites excluding steroid dienone is 3. The van der Waals surface area contributed by atoms with Crippen LogP contribution in [0, 0.1) is 5.41 Å². The molecule has 0 aliphatic rings. The molecule has 0 bridgehead atoms. The first-order chi connectivity index (χ1) is 31.5. The van der Waals surface area contributed by atoms with Gasteiger partial charge >= 0.3 is 0 Å². The third-order valence-corrected chi connectivity index (χ3v) is 14.0. The van der Waals surface area contributed by atoms with Gasteiger partial charge in [0.05, 0.1) is 6.54 Å². The van der Waals surface area contributed by atoms with Crippen LogP contribution >= 0.6 is 22.7 Å². The summed E-state index contributed by atoms with van der Waals surface area (Å²) in [7, 11) is 0. The smallest absolute Gasteiger partial charge is 0.136 e. The fraction of sp³-hybridized carbons (Fsp3) is 0.0345. The van der Waals surface area contributed by atoms with Gasteiger partial charge in [0.25, 0.3) is 0 Å². The number of fused-ring (bicyclic) bond motifs is 9. The molecule has 11 aromatic rings. The molecule has 3 heterocycles. The molecule has 0 aliphatic heterocycles. The zero-order valence-corrected chi connectivity index (χ0v) is 36.8. The predicted octanol–water partition coefficient (Wildman–Crippen LogP) is 16.6. The maximum atomic E-state index is 7.03. The molecule has 0 fully saturated rings. The molecule has 0 saturated carbocycles. The van der Waals surface area contributed by atoms with Gasteiger partial charge in [-0.2, -0.15) is 0 Å². The molecule has 308 valence electrons. The van der Waals surface area contributed by atoms with E-state index in [1.165, 1.54) is 79.3 Å². The quantitative estimate of drug-likeness (QED) is 0.0862. The molecule has 0 atom stereocenters. The molecule has 0 radical (unpaired) electrons. The Morgan fingerprint density at radius 2 is 1.30 bits per heavy atom. The third kappa shape index (κ3) is 7.75. The summed E-state index contributed by atoms with van der Waals surface area (Å²) in [5, 5.41) is 14.5. The van der Waals surface area contributed by atoms with Crippen LogP contribution in [0.4, 0.5) is 0 Å². The standard InChI is InChI=1S/C50H31NOS2.C8H12N2/c1-2-9-32(10-3-1)33-21-19-31(20-22-33)29-51-30-36-11-6-16-44-48(36)42-27-34(24-26-43(42)52-44)37-13-8-18-46-49(37)41-15-7-14-38(50(41)54-46)35-23-25-40-39-12-4-5-17-45(39)53-47(40)28-35;1-3-5-6-7(4-2)8(9)10/h1-28,30H,29H2;3-6H,2H2,1H3,(H3,9,10)/b;5-3-,7-6+. The fourth-order valence-electron chi connectivity index (χ4n) is 8.49. The second-order valence-electron chi connectivity index (χ2n) is 15.6. The molecule has 0 saturated heterocycles. The second-order valence-corrected chi connectivity index (χ2v) is 17.7. The topological polar surface area (TPSA) is 75.4 Å². The van der Waals surface area contributed by atoms with Crippen LogP contribution < -0.4 is 5.73 Å². The monoisotopic (exact) mass is 861 g/mol. The van der Waals surface area contributed by atoms with Gasteiger partial charge in [-0.3, -0.25) is 10.4 Å². The number of amidine groups is 1. The van der Waals surface area contributed by atoms with Crippen molar-refractivity contribution in [1.29, 1.82) is 5.41 Å². The van der Waals surface area contributed by atoms with Crippen molar-refractivity contribution in [2.45, 2.75) is 13.5 Å². The van der Waals surface area contributed by atoms with E-state index in [1.54, 1.807) is 12.2 Å². The molecule has 3 aromatic heterocycles. The number of nitrogens with zero attached hydrogens (tertiary/aromatic N) is 1. The van der Waals surface area contributed by atoms with Crippen molar-refractivity contribution >= 4 is 97.0 Å². The highest BCUT2D eigenvalue weighted by atomic mass is 32.1. The second kappa shape index (κ2) is 17.6. The van der Waals surface area contributed by atoms with Crippen molar-refractivity contribution < 1.29 is 4.42 Å². The highest BCUT2D eigenvalue weighted by molar-refractivity contribution is 7.26. The lowest BCUT2D eigenvalue weighted by Gasteiger charge is -2.07. The zero-order chi connectivity index (χ0) is 43.6. The van der Waals surface area contributed by atoms with Gasteiger partial charge in [-0.05, 0) is 82.3 Å². The number of hydrogen-bond acceptors (Lipinski definition) is 5. The SMILES string of the molecule is C(=NCc1ccc(-c2ccccc2)cc1)c1cccc2oc3ccc(-c4cccc5sc6c(-c7ccc8c(c7)sc7ccccc78)cccc6c45)cc3c12.C=C/C(=C\C=C/C)C(=N)N. The van der Waals surface area contributed by atoms with Crippen LogP contribution in [0.15, 0.2) is 216 Å². The minimum Gasteiger partial charge on any atom is -0.456 e. The molecule has 11 rings (SSSR count). The molecule has 3 N–H and O–H groups in total. The lowest BCUT2D eigenvalue weighted by atomic mass is 9.96. The van der Waals surface area contributed by atoms with E-state index in [4.69, 9.17) is 20.6 Å². The summed E-state index contributed by atoms with van der Waals surface area (Å²) in [6.45, 7) is 6.02. The van der Waals surface area contributed by atoms with E-state index in [0.29, 0.717) is 12.1 Å². The average molecular weight is 862 g/mol. The van der Waals surface area contributed by atoms with Gasteiger partial charge in [-0.25, -0.2) is 0 Å². The van der Waals surface area contributed by atoms with Gasteiger partial charge in [0.2, 0.25) is 0 Å². The van der Waals surface area contributed by atoms with E-state index in [1.807, 2.05) is 54.0 Å². The van der Waals surface area contributed by atoms with Crippen molar-refractivity contribution in [3.05, 3.63) is 217 Å². The van der Waals surface area contributed by atoms with Crippen LogP contribution in [0.3, 0.4) is 0 Å². The number of furan rings is 1. The third-order valence-electron chi connectivity index (χ3n) is 11.6. The lowest BCUT2D eigenvalue weighted by Crippen LogP contribution is -2.10. The predicted molar refractivity (Wildman–Crippen MR) is 279 cm³/mol. The first-order valence-electron chi connectivity index (χ1n) is 21.2. The first-order valence-corrected chi connectivity index (χ1v) is 22.9. The Kier molecular flexibility index (Phi) is 11.1. The Morgan fingerprint density at radius 3 is 2.12 bits per heavy atom. The number of aliphatic imine (C=N–C) groups is 1. The Balaban J connectivity index is 0.000000436. The number of hydrogen-bond donors (Lipinski definition) is 2. The van der Waals surface area contributed by atoms with Crippen LogP contribution in [0.25, 0.3) is 95.7 Å². The summed E-state index contributed by atoms with van der Waals surface area (Å²) in [5.41, 5.74) is 17.2. The highest BCUT2D eigenvalue weighted by Crippen LogP contribution is 2.46. The van der Waals surface area contributed by atoms with Crippen molar-refractivity contribution in [2.75, 3.05) is 0 Å². The summed E-state index contributed by atoms with van der Waals surface area (Å²) >= 11 is 3.76. The number of rotatable bonds is 9. The van der Waals surface area contributed by atoms with Crippen molar-refractivity contribution in [3.63, 3.8) is 0 Å². The number of thiophene rings is 2. The lowest BCUT2D eigenvalue weighted by molar-refractivity contribution is 0.669. The molecule has 0 aliphatic carbocycles. The Hall–Kier alpha value is -7.64. The van der Waals surface area contributed by atoms with E-state index in [-0.39, 0.29) is 5.84 Å². The minimum atomic E-state index is 0.0492. The summed E-state index contributed by atoms with van der Waals surface area (Å²) < 4.78 is 11.7. The molecule has 0 spiro atoms. The zero-order valence-electron chi connectivity index (χ0n) is 35.2. The number of nitrogens with two attached hydrogens (primary N) is 1. The van der Waals surface area contributed by atoms with Crippen LogP contribution in [-0.4, -0.2) is 12.1 Å². The number of benzene rings is 8. The Morgan fingerprint density at radius 1 is 0.609 bits per heavy atom. The van der Waals surface area contributed by atoms with Crippen LogP contribution in [0.2, 0.25) is 0 Å². The van der Waals surface area contributed by atoms with Gasteiger partial charge in [-0.1, -0.05) is 164 Å². The Labute approximate surface area is 379 Å². The molecule has 8 aromatic carbocycles. The van der Waals surface area contributed by atoms with E-state index in [9.17, 15) is 0 Å². The van der Waals surface area contributed by atoms with Crippen LogP contribution in [-0.2, 0) is 6.54 Å². The van der Waals surface area contributed by atoms with Crippen molar-refractivity contribution in [2.24, 2.45) is 10.7 Å². The Bertz CT molecular complexity index is 3640. The van der Waals surface area contributed by atoms with E-state index in [0.717, 1.165) is 27.5 Å². The summed E-state index contributed by atoms with van der Waals surface area (Å²) in [4.78, 5) is 4.90. The normalized spacial score (nSPS) is 12.0.